The Morgan fingerprint density at radius 2 is 2.00 bits per heavy atom. The van der Waals surface area contributed by atoms with Gasteiger partial charge >= 0.3 is 6.18 Å². The fraction of sp³-hybridized carbons (Fsp3) is 0.300. The Labute approximate surface area is 175 Å². The molecule has 1 amide bonds. The Hall–Kier alpha value is -3.47. The number of carbonyl (C=O) groups is 1. The van der Waals surface area contributed by atoms with Crippen LogP contribution in [-0.4, -0.2) is 52.0 Å². The molecule has 1 aliphatic heterocycles. The van der Waals surface area contributed by atoms with Crippen molar-refractivity contribution in [1.82, 2.24) is 19.7 Å². The van der Waals surface area contributed by atoms with E-state index in [0.29, 0.717) is 37.8 Å². The number of carbonyl (C=O) groups excluding carboxylic acids is 1. The van der Waals surface area contributed by atoms with E-state index in [1.54, 1.807) is 12.4 Å². The number of morpholine rings is 1. The van der Waals surface area contributed by atoms with Gasteiger partial charge in [-0.1, -0.05) is 18.2 Å². The Morgan fingerprint density at radius 1 is 1.19 bits per heavy atom. The number of halogens is 3. The second-order valence-corrected chi connectivity index (χ2v) is 6.93. The minimum atomic E-state index is -4.46. The number of amides is 1. The largest absolute Gasteiger partial charge is 0.416 e. The smallest absolute Gasteiger partial charge is 0.378 e. The summed E-state index contributed by atoms with van der Waals surface area (Å²) in [6.07, 6.45) is 1.50. The molecule has 0 bridgehead atoms. The maximum Gasteiger partial charge on any atom is 0.416 e. The second kappa shape index (κ2) is 8.72. The van der Waals surface area contributed by atoms with Crippen LogP contribution in [0.4, 0.5) is 24.5 Å². The zero-order valence-electron chi connectivity index (χ0n) is 16.3. The lowest BCUT2D eigenvalue weighted by molar-refractivity contribution is -0.137. The number of benzene rings is 1. The summed E-state index contributed by atoms with van der Waals surface area (Å²) in [5.41, 5.74) is 0.675. The summed E-state index contributed by atoms with van der Waals surface area (Å²) in [5, 5.41) is 6.91. The van der Waals surface area contributed by atoms with E-state index in [-0.39, 0.29) is 12.0 Å². The van der Waals surface area contributed by atoms with Gasteiger partial charge in [0.2, 0.25) is 5.91 Å². The highest BCUT2D eigenvalue weighted by atomic mass is 19.4. The van der Waals surface area contributed by atoms with E-state index in [4.69, 9.17) is 4.74 Å². The van der Waals surface area contributed by atoms with Crippen LogP contribution < -0.4 is 10.2 Å². The van der Waals surface area contributed by atoms with Crippen LogP contribution in [0.3, 0.4) is 0 Å². The highest BCUT2D eigenvalue weighted by Crippen LogP contribution is 2.29. The van der Waals surface area contributed by atoms with Gasteiger partial charge in [-0.3, -0.25) is 4.79 Å². The standard InChI is InChI=1S/C20H19F3N6O2/c21-20(22,23)15-3-1-2-14(8-15)9-18(30)27-16-10-26-29(12-16)19-17(11-24-13-25-19)28-4-6-31-7-5-28/h1-3,8,10-13H,4-7,9H2,(H,27,30). The molecule has 1 aromatic carbocycles. The van der Waals surface area contributed by atoms with Crippen molar-refractivity contribution in [2.75, 3.05) is 36.5 Å². The predicted octanol–water partition coefficient (Wildman–Crippen LogP) is 2.70. The summed E-state index contributed by atoms with van der Waals surface area (Å²) in [6.45, 7) is 2.60. The average molecular weight is 432 g/mol. The lowest BCUT2D eigenvalue weighted by Gasteiger charge is -2.29. The van der Waals surface area contributed by atoms with Gasteiger partial charge in [0.15, 0.2) is 5.82 Å². The highest BCUT2D eigenvalue weighted by molar-refractivity contribution is 5.92. The Kier molecular flexibility index (Phi) is 5.85. The van der Waals surface area contributed by atoms with E-state index < -0.39 is 17.6 Å². The first-order valence-corrected chi connectivity index (χ1v) is 9.54. The van der Waals surface area contributed by atoms with Gasteiger partial charge < -0.3 is 15.0 Å². The number of anilines is 2. The van der Waals surface area contributed by atoms with Crippen molar-refractivity contribution >= 4 is 17.3 Å². The second-order valence-electron chi connectivity index (χ2n) is 6.93. The maximum absolute atomic E-state index is 12.9. The normalized spacial score (nSPS) is 14.5. The SMILES string of the molecule is O=C(Cc1cccc(C(F)(F)F)c1)Nc1cnn(-c2ncncc2N2CCOCC2)c1. The Morgan fingerprint density at radius 3 is 2.77 bits per heavy atom. The molecule has 0 unspecified atom stereocenters. The van der Waals surface area contributed by atoms with Crippen LogP contribution in [0.2, 0.25) is 0 Å². The van der Waals surface area contributed by atoms with Gasteiger partial charge in [-0.2, -0.15) is 18.3 Å². The molecule has 11 heteroatoms. The predicted molar refractivity (Wildman–Crippen MR) is 106 cm³/mol. The molecule has 2 aromatic heterocycles. The molecule has 1 aliphatic rings. The Bertz CT molecular complexity index is 1060. The van der Waals surface area contributed by atoms with Crippen molar-refractivity contribution in [2.24, 2.45) is 0 Å². The van der Waals surface area contributed by atoms with Crippen molar-refractivity contribution in [3.63, 3.8) is 0 Å². The number of nitrogens with one attached hydrogen (secondary N) is 1. The molecule has 31 heavy (non-hydrogen) atoms. The van der Waals surface area contributed by atoms with E-state index in [9.17, 15) is 18.0 Å². The van der Waals surface area contributed by atoms with Crippen LogP contribution in [0.15, 0.2) is 49.2 Å². The van der Waals surface area contributed by atoms with E-state index >= 15 is 0 Å². The highest BCUT2D eigenvalue weighted by Gasteiger charge is 2.30. The van der Waals surface area contributed by atoms with Crippen LogP contribution in [-0.2, 0) is 22.1 Å². The molecule has 0 saturated carbocycles. The summed E-state index contributed by atoms with van der Waals surface area (Å²) in [7, 11) is 0. The fourth-order valence-electron chi connectivity index (χ4n) is 3.27. The molecule has 3 aromatic rings. The van der Waals surface area contributed by atoms with Gasteiger partial charge in [0.1, 0.15) is 12.0 Å². The first kappa shape index (κ1) is 20.8. The number of aromatic nitrogens is 4. The van der Waals surface area contributed by atoms with E-state index in [1.165, 1.54) is 29.3 Å². The summed E-state index contributed by atoms with van der Waals surface area (Å²) in [5.74, 6) is 0.102. The molecule has 1 saturated heterocycles. The first-order chi connectivity index (χ1) is 14.9. The van der Waals surface area contributed by atoms with Gasteiger partial charge in [0.05, 0.1) is 49.5 Å². The van der Waals surface area contributed by atoms with E-state index in [2.05, 4.69) is 25.3 Å². The first-order valence-electron chi connectivity index (χ1n) is 9.54. The maximum atomic E-state index is 12.9. The van der Waals surface area contributed by atoms with Crippen LogP contribution in [0, 0.1) is 0 Å². The number of hydrogen-bond acceptors (Lipinski definition) is 6. The van der Waals surface area contributed by atoms with E-state index in [1.807, 2.05) is 0 Å². The molecular formula is C20H19F3N6O2. The van der Waals surface area contributed by atoms with Crippen molar-refractivity contribution in [2.45, 2.75) is 12.6 Å². The third-order valence-corrected chi connectivity index (χ3v) is 4.73. The van der Waals surface area contributed by atoms with Gasteiger partial charge in [-0.05, 0) is 11.6 Å². The number of alkyl halides is 3. The molecule has 8 nitrogen and oxygen atoms in total. The number of hydrogen-bond donors (Lipinski definition) is 1. The molecule has 1 N–H and O–H groups in total. The average Bonchev–Trinajstić information content (AvgIpc) is 3.22. The van der Waals surface area contributed by atoms with Crippen molar-refractivity contribution in [3.8, 4) is 5.82 Å². The van der Waals surface area contributed by atoms with E-state index in [0.717, 1.165) is 17.8 Å². The fourth-order valence-corrected chi connectivity index (χ4v) is 3.27. The number of ether oxygens (including phenoxy) is 1. The van der Waals surface area contributed by atoms with Gasteiger partial charge in [0, 0.05) is 13.1 Å². The molecule has 0 radical (unpaired) electrons. The summed E-state index contributed by atoms with van der Waals surface area (Å²) >= 11 is 0. The van der Waals surface area contributed by atoms with Crippen molar-refractivity contribution in [3.05, 3.63) is 60.3 Å². The molecule has 1 fully saturated rings. The third kappa shape index (κ3) is 5.00. The van der Waals surface area contributed by atoms with Crippen molar-refractivity contribution < 1.29 is 22.7 Å². The van der Waals surface area contributed by atoms with Gasteiger partial charge in [0.25, 0.3) is 0 Å². The number of rotatable bonds is 5. The molecular weight excluding hydrogens is 413 g/mol. The molecule has 0 spiro atoms. The lowest BCUT2D eigenvalue weighted by atomic mass is 10.1. The van der Waals surface area contributed by atoms with Crippen LogP contribution in [0.25, 0.3) is 5.82 Å². The van der Waals surface area contributed by atoms with Crippen LogP contribution >= 0.6 is 0 Å². The molecule has 4 rings (SSSR count). The monoisotopic (exact) mass is 432 g/mol. The van der Waals surface area contributed by atoms with Gasteiger partial charge in [-0.15, -0.1) is 0 Å². The molecule has 162 valence electrons. The zero-order chi connectivity index (χ0) is 21.8. The molecule has 0 atom stereocenters. The summed E-state index contributed by atoms with van der Waals surface area (Å²) < 4.78 is 45.4. The Balaban J connectivity index is 1.46. The van der Waals surface area contributed by atoms with Crippen molar-refractivity contribution in [1.29, 1.82) is 0 Å². The summed E-state index contributed by atoms with van der Waals surface area (Å²) in [6, 6.07) is 4.71. The topological polar surface area (TPSA) is 85.2 Å². The minimum Gasteiger partial charge on any atom is -0.378 e. The molecule has 3 heterocycles. The number of nitrogens with zero attached hydrogens (tertiary/aromatic N) is 5. The van der Waals surface area contributed by atoms with Gasteiger partial charge in [-0.25, -0.2) is 14.6 Å². The van der Waals surface area contributed by atoms with Crippen LogP contribution in [0.1, 0.15) is 11.1 Å². The molecule has 0 aliphatic carbocycles. The summed E-state index contributed by atoms with van der Waals surface area (Å²) in [4.78, 5) is 22.8. The lowest BCUT2D eigenvalue weighted by Crippen LogP contribution is -2.37. The third-order valence-electron chi connectivity index (χ3n) is 4.73. The quantitative estimate of drug-likeness (QED) is 0.668. The zero-order valence-corrected chi connectivity index (χ0v) is 16.3. The minimum absolute atomic E-state index is 0.193. The van der Waals surface area contributed by atoms with Crippen LogP contribution in [0.5, 0.6) is 0 Å².